The minimum Gasteiger partial charge on any atom is -0.478 e. The van der Waals surface area contributed by atoms with Crippen molar-refractivity contribution in [2.75, 3.05) is 37.6 Å². The Labute approximate surface area is 277 Å². The lowest BCUT2D eigenvalue weighted by Gasteiger charge is -2.44. The van der Waals surface area contributed by atoms with Crippen molar-refractivity contribution in [3.05, 3.63) is 72.3 Å². The van der Waals surface area contributed by atoms with Gasteiger partial charge in [-0.3, -0.25) is 19.5 Å². The number of hydrogen-bond acceptors (Lipinski definition) is 8. The van der Waals surface area contributed by atoms with E-state index in [0.29, 0.717) is 53.2 Å². The number of carbonyl (C=O) groups excluding carboxylic acids is 1. The molecule has 48 heavy (non-hydrogen) atoms. The third-order valence-electron chi connectivity index (χ3n) is 7.40. The summed E-state index contributed by atoms with van der Waals surface area (Å²) >= 11 is 1.40. The van der Waals surface area contributed by atoms with E-state index in [2.05, 4.69) is 9.80 Å². The second-order valence-electron chi connectivity index (χ2n) is 10.7. The molecule has 2 aromatic rings. The molecule has 1 atom stereocenters. The Morgan fingerprint density at radius 3 is 1.94 bits per heavy atom. The van der Waals surface area contributed by atoms with Crippen LogP contribution in [0.4, 0.5) is 24.5 Å². The molecule has 0 bridgehead atoms. The highest BCUT2D eigenvalue weighted by Gasteiger charge is 2.35. The molecular formula is C32H34F3N3O9S. The van der Waals surface area contributed by atoms with E-state index in [9.17, 15) is 37.1 Å². The summed E-state index contributed by atoms with van der Waals surface area (Å²) in [6.45, 7) is 4.72. The second-order valence-corrected chi connectivity index (χ2v) is 11.8. The van der Waals surface area contributed by atoms with Gasteiger partial charge in [-0.15, -0.1) is 0 Å². The lowest BCUT2D eigenvalue weighted by molar-refractivity contribution is -0.138. The number of fused-ring (bicyclic) bond motifs is 3. The minimum atomic E-state index is -4.45. The van der Waals surface area contributed by atoms with Crippen LogP contribution in [-0.2, 0) is 30.1 Å². The van der Waals surface area contributed by atoms with Crippen LogP contribution in [-0.4, -0.2) is 98.8 Å². The number of hydrogen-bond donors (Lipinski definition) is 4. The smallest absolute Gasteiger partial charge is 0.416 e. The van der Waals surface area contributed by atoms with Gasteiger partial charge in [0.2, 0.25) is 5.91 Å². The van der Waals surface area contributed by atoms with Gasteiger partial charge in [-0.1, -0.05) is 30.3 Å². The fraction of sp³-hybridized carbons (Fsp3) is 0.344. The molecule has 0 spiro atoms. The van der Waals surface area contributed by atoms with Crippen LogP contribution in [0.5, 0.6) is 0 Å². The van der Waals surface area contributed by atoms with Crippen molar-refractivity contribution in [3.8, 4) is 0 Å². The van der Waals surface area contributed by atoms with Crippen molar-refractivity contribution in [2.45, 2.75) is 47.7 Å². The number of piperidine rings is 1. The molecule has 4 N–H and O–H groups in total. The Morgan fingerprint density at radius 1 is 0.771 bits per heavy atom. The number of alkyl halides is 3. The van der Waals surface area contributed by atoms with Gasteiger partial charge in [-0.25, -0.2) is 19.2 Å². The van der Waals surface area contributed by atoms with E-state index in [-0.39, 0.29) is 12.3 Å². The van der Waals surface area contributed by atoms with Crippen molar-refractivity contribution < 1.29 is 57.6 Å². The molecule has 3 heterocycles. The highest BCUT2D eigenvalue weighted by Crippen LogP contribution is 2.49. The summed E-state index contributed by atoms with van der Waals surface area (Å²) in [7, 11) is 0. The maximum atomic E-state index is 13.4. The maximum Gasteiger partial charge on any atom is 0.416 e. The topological polar surface area (TPSA) is 176 Å². The molecule has 12 nitrogen and oxygen atoms in total. The Balaban J connectivity index is 0.000000325. The third kappa shape index (κ3) is 11.5. The van der Waals surface area contributed by atoms with E-state index in [0.717, 1.165) is 43.2 Å². The highest BCUT2D eigenvalue weighted by atomic mass is 32.2. The third-order valence-corrected chi connectivity index (χ3v) is 8.53. The summed E-state index contributed by atoms with van der Waals surface area (Å²) in [6.07, 6.45) is 1.78. The molecule has 1 unspecified atom stereocenters. The van der Waals surface area contributed by atoms with Crippen LogP contribution in [0.3, 0.4) is 0 Å². The number of piperazine rings is 1. The Bertz CT molecular complexity index is 1500. The zero-order valence-corrected chi connectivity index (χ0v) is 26.3. The van der Waals surface area contributed by atoms with Crippen LogP contribution in [0.2, 0.25) is 0 Å². The molecule has 2 saturated heterocycles. The lowest BCUT2D eigenvalue weighted by Crippen LogP contribution is -2.55. The van der Waals surface area contributed by atoms with Gasteiger partial charge in [0.15, 0.2) is 0 Å². The summed E-state index contributed by atoms with van der Waals surface area (Å²) < 4.78 is 40.2. The number of carboxylic acid groups (broad SMARTS) is 4. The van der Waals surface area contributed by atoms with E-state index >= 15 is 0 Å². The number of halogens is 3. The van der Waals surface area contributed by atoms with Crippen LogP contribution in [0.25, 0.3) is 0 Å². The van der Waals surface area contributed by atoms with Gasteiger partial charge in [-0.2, -0.15) is 13.2 Å². The second kappa shape index (κ2) is 17.5. The Morgan fingerprint density at radius 2 is 1.35 bits per heavy atom. The van der Waals surface area contributed by atoms with Crippen LogP contribution < -0.4 is 4.90 Å². The summed E-state index contributed by atoms with van der Waals surface area (Å²) in [4.78, 5) is 59.5. The fourth-order valence-electron chi connectivity index (χ4n) is 5.27. The summed E-state index contributed by atoms with van der Waals surface area (Å²) in [5.74, 6) is -5.19. The van der Waals surface area contributed by atoms with Crippen LogP contribution in [0.15, 0.2) is 76.6 Å². The number of aliphatic carboxylic acids is 4. The monoisotopic (exact) mass is 693 g/mol. The average Bonchev–Trinajstić information content (AvgIpc) is 3.04. The molecule has 1 amide bonds. The van der Waals surface area contributed by atoms with Gasteiger partial charge in [0.1, 0.15) is 0 Å². The van der Waals surface area contributed by atoms with Crippen LogP contribution in [0.1, 0.15) is 31.2 Å². The van der Waals surface area contributed by atoms with Gasteiger partial charge >= 0.3 is 30.1 Å². The van der Waals surface area contributed by atoms with Gasteiger partial charge in [0.05, 0.1) is 16.9 Å². The maximum absolute atomic E-state index is 13.4. The molecule has 3 aliphatic heterocycles. The standard InChI is InChI=1S/C24H26F3N3OS.2C4H4O4/c25-24(26,27)17-8-9-22-20(15-17)30(19-6-1-2-7-21(19)32-22)23(31)10-12-28-13-14-29-11-4-3-5-18(29)16-28;2*5-3(6)1-2-4(7)8/h1-2,6-9,15,18H,3-5,10-14,16H2;2*1-2H,(H,5,6)(H,7,8)/b;2*2-1+. The quantitative estimate of drug-likeness (QED) is 0.292. The first-order chi connectivity index (χ1) is 22.6. The van der Waals surface area contributed by atoms with Crippen molar-refractivity contribution in [2.24, 2.45) is 0 Å². The first-order valence-corrected chi connectivity index (χ1v) is 15.5. The number of amides is 1. The molecule has 3 aliphatic rings. The van der Waals surface area contributed by atoms with Gasteiger partial charge in [0.25, 0.3) is 0 Å². The minimum absolute atomic E-state index is 0.163. The van der Waals surface area contributed by atoms with Crippen molar-refractivity contribution >= 4 is 52.9 Å². The predicted octanol–water partition coefficient (Wildman–Crippen LogP) is 4.82. The van der Waals surface area contributed by atoms with E-state index in [1.807, 2.05) is 24.3 Å². The molecule has 2 fully saturated rings. The summed E-state index contributed by atoms with van der Waals surface area (Å²) in [5.41, 5.74) is 0.250. The van der Waals surface area contributed by atoms with Crippen LogP contribution in [0, 0.1) is 0 Å². The first-order valence-electron chi connectivity index (χ1n) is 14.7. The SMILES string of the molecule is O=C(CCN1CCN2CCCCC2C1)N1c2ccccc2Sc2ccc(C(F)(F)F)cc21.O=C(O)/C=C/C(=O)O.O=C(O)/C=C/C(=O)O. The number of benzene rings is 2. The van der Waals surface area contributed by atoms with Gasteiger partial charge in [-0.05, 0) is 49.7 Å². The Kier molecular flexibility index (Phi) is 13.8. The number of para-hydroxylation sites is 1. The predicted molar refractivity (Wildman–Crippen MR) is 168 cm³/mol. The molecule has 0 radical (unpaired) electrons. The molecule has 16 heteroatoms. The number of anilines is 2. The van der Waals surface area contributed by atoms with Crippen molar-refractivity contribution in [1.29, 1.82) is 0 Å². The molecule has 0 aromatic heterocycles. The number of nitrogens with zero attached hydrogens (tertiary/aromatic N) is 3. The zero-order valence-electron chi connectivity index (χ0n) is 25.5. The van der Waals surface area contributed by atoms with Crippen molar-refractivity contribution in [3.63, 3.8) is 0 Å². The molecule has 0 saturated carbocycles. The zero-order chi connectivity index (χ0) is 35.4. The first kappa shape index (κ1) is 37.8. The molecular weight excluding hydrogens is 659 g/mol. The number of carboxylic acids is 4. The normalized spacial score (nSPS) is 17.6. The van der Waals surface area contributed by atoms with Crippen LogP contribution >= 0.6 is 11.8 Å². The summed E-state index contributed by atoms with van der Waals surface area (Å²) in [6, 6.07) is 11.7. The molecule has 258 valence electrons. The van der Waals surface area contributed by atoms with Gasteiger partial charge < -0.3 is 20.4 Å². The van der Waals surface area contributed by atoms with E-state index in [1.165, 1.54) is 42.0 Å². The van der Waals surface area contributed by atoms with E-state index < -0.39 is 35.6 Å². The number of carbonyl (C=O) groups is 5. The van der Waals surface area contributed by atoms with E-state index in [1.54, 1.807) is 0 Å². The summed E-state index contributed by atoms with van der Waals surface area (Å²) in [5, 5.41) is 31.2. The van der Waals surface area contributed by atoms with E-state index in [4.69, 9.17) is 20.4 Å². The lowest BCUT2D eigenvalue weighted by atomic mass is 9.99. The largest absolute Gasteiger partial charge is 0.478 e. The molecule has 5 rings (SSSR count). The molecule has 2 aromatic carbocycles. The van der Waals surface area contributed by atoms with Crippen molar-refractivity contribution in [1.82, 2.24) is 9.80 Å². The highest BCUT2D eigenvalue weighted by molar-refractivity contribution is 7.99. The molecule has 0 aliphatic carbocycles. The fourth-order valence-corrected chi connectivity index (χ4v) is 6.31. The Hall–Kier alpha value is -4.67. The average molecular weight is 694 g/mol. The van der Waals surface area contributed by atoms with Gasteiger partial charge in [0, 0.05) is 72.7 Å². The number of rotatable bonds is 7.